The molecule has 1 heterocycles. The third kappa shape index (κ3) is 3.33. The highest BCUT2D eigenvalue weighted by molar-refractivity contribution is 7.80. The molecule has 0 amide bonds. The lowest BCUT2D eigenvalue weighted by molar-refractivity contribution is 0.301. The summed E-state index contributed by atoms with van der Waals surface area (Å²) < 4.78 is 5.92. The largest absolute Gasteiger partial charge is 0.489 e. The number of nitrogens with zero attached hydrogens (tertiary/aromatic N) is 1. The lowest BCUT2D eigenvalue weighted by atomic mass is 10.0. The minimum absolute atomic E-state index is 0.293. The maximum Gasteiger partial charge on any atom is 0.123 e. The summed E-state index contributed by atoms with van der Waals surface area (Å²) in [6.45, 7) is 4.70. The van der Waals surface area contributed by atoms with Crippen molar-refractivity contribution in [1.29, 1.82) is 0 Å². The molecule has 1 aromatic carbocycles. The fourth-order valence-electron chi connectivity index (χ4n) is 2.02. The summed E-state index contributed by atoms with van der Waals surface area (Å²) in [5, 5.41) is 0. The van der Waals surface area contributed by atoms with Gasteiger partial charge in [0.05, 0.1) is 0 Å². The number of benzene rings is 1. The number of hydrogen-bond donors (Lipinski definition) is 1. The second-order valence-corrected chi connectivity index (χ2v) is 5.30. The molecule has 0 aliphatic heterocycles. The first kappa shape index (κ1) is 14.5. The molecule has 0 fully saturated rings. The van der Waals surface area contributed by atoms with Crippen LogP contribution in [0.3, 0.4) is 0 Å². The molecule has 0 saturated carbocycles. The van der Waals surface area contributed by atoms with E-state index in [1.165, 1.54) is 5.56 Å². The van der Waals surface area contributed by atoms with Gasteiger partial charge < -0.3 is 10.5 Å². The zero-order valence-electron chi connectivity index (χ0n) is 11.7. The van der Waals surface area contributed by atoms with Crippen LogP contribution in [0, 0.1) is 0 Å². The summed E-state index contributed by atoms with van der Waals surface area (Å²) in [6.07, 6.45) is 1.68. The normalized spacial score (nSPS) is 10.6. The van der Waals surface area contributed by atoms with Crippen molar-refractivity contribution in [2.24, 2.45) is 5.73 Å². The highest BCUT2D eigenvalue weighted by Gasteiger charge is 2.10. The molecule has 0 spiro atoms. The van der Waals surface area contributed by atoms with Crippen LogP contribution >= 0.6 is 12.2 Å². The van der Waals surface area contributed by atoms with E-state index in [0.717, 1.165) is 11.3 Å². The smallest absolute Gasteiger partial charge is 0.123 e. The number of nitrogens with two attached hydrogens (primary N) is 1. The first-order valence-electron chi connectivity index (χ1n) is 6.55. The molecule has 0 aliphatic rings. The second kappa shape index (κ2) is 6.48. The van der Waals surface area contributed by atoms with Gasteiger partial charge in [0.25, 0.3) is 0 Å². The molecule has 2 rings (SSSR count). The third-order valence-corrected chi connectivity index (χ3v) is 3.24. The van der Waals surface area contributed by atoms with Gasteiger partial charge in [0.1, 0.15) is 23.0 Å². The van der Waals surface area contributed by atoms with Crippen molar-refractivity contribution in [2.45, 2.75) is 26.4 Å². The summed E-state index contributed by atoms with van der Waals surface area (Å²) >= 11 is 5.01. The van der Waals surface area contributed by atoms with Crippen molar-refractivity contribution in [3.63, 3.8) is 0 Å². The molecule has 104 valence electrons. The summed E-state index contributed by atoms with van der Waals surface area (Å²) in [4.78, 5) is 4.49. The zero-order valence-corrected chi connectivity index (χ0v) is 12.5. The molecule has 2 aromatic rings. The molecule has 1 aromatic heterocycles. The third-order valence-electron chi connectivity index (χ3n) is 3.05. The van der Waals surface area contributed by atoms with Crippen molar-refractivity contribution in [1.82, 2.24) is 4.98 Å². The number of hydrogen-bond acceptors (Lipinski definition) is 3. The fourth-order valence-corrected chi connectivity index (χ4v) is 2.21. The molecular weight excluding hydrogens is 268 g/mol. The average molecular weight is 286 g/mol. The van der Waals surface area contributed by atoms with Gasteiger partial charge in [-0.2, -0.15) is 0 Å². The SMILES string of the molecule is CC(C)c1ccccc1OCc1cccnc1C(N)=S. The van der Waals surface area contributed by atoms with Crippen molar-refractivity contribution in [3.8, 4) is 5.75 Å². The fraction of sp³-hybridized carbons (Fsp3) is 0.250. The zero-order chi connectivity index (χ0) is 14.5. The van der Waals surface area contributed by atoms with Gasteiger partial charge in [-0.05, 0) is 23.6 Å². The van der Waals surface area contributed by atoms with Gasteiger partial charge in [-0.3, -0.25) is 4.98 Å². The highest BCUT2D eigenvalue weighted by Crippen LogP contribution is 2.26. The van der Waals surface area contributed by atoms with Crippen LogP contribution in [-0.2, 0) is 6.61 Å². The van der Waals surface area contributed by atoms with Crippen LogP contribution in [0.25, 0.3) is 0 Å². The highest BCUT2D eigenvalue weighted by atomic mass is 32.1. The molecule has 20 heavy (non-hydrogen) atoms. The van der Waals surface area contributed by atoms with E-state index in [2.05, 4.69) is 24.9 Å². The average Bonchev–Trinajstić information content (AvgIpc) is 2.45. The van der Waals surface area contributed by atoms with Gasteiger partial charge in [0.2, 0.25) is 0 Å². The van der Waals surface area contributed by atoms with E-state index in [1.807, 2.05) is 30.3 Å². The Morgan fingerprint density at radius 1 is 1.25 bits per heavy atom. The minimum Gasteiger partial charge on any atom is -0.489 e. The number of rotatable bonds is 5. The predicted molar refractivity (Wildman–Crippen MR) is 85.0 cm³/mol. The van der Waals surface area contributed by atoms with E-state index in [0.29, 0.717) is 23.2 Å². The quantitative estimate of drug-likeness (QED) is 0.856. The monoisotopic (exact) mass is 286 g/mol. The molecule has 2 N–H and O–H groups in total. The molecule has 0 atom stereocenters. The van der Waals surface area contributed by atoms with Crippen LogP contribution in [0.4, 0.5) is 0 Å². The van der Waals surface area contributed by atoms with Crippen LogP contribution < -0.4 is 10.5 Å². The molecule has 0 radical (unpaired) electrons. The Kier molecular flexibility index (Phi) is 4.69. The maximum absolute atomic E-state index is 5.92. The van der Waals surface area contributed by atoms with Gasteiger partial charge in [-0.25, -0.2) is 0 Å². The van der Waals surface area contributed by atoms with Gasteiger partial charge in [-0.1, -0.05) is 50.3 Å². The first-order chi connectivity index (χ1) is 9.59. The number of pyridine rings is 1. The first-order valence-corrected chi connectivity index (χ1v) is 6.96. The molecular formula is C16H18N2OS. The Hall–Kier alpha value is -1.94. The molecule has 0 saturated heterocycles. The van der Waals surface area contributed by atoms with E-state index in [1.54, 1.807) is 6.20 Å². The summed E-state index contributed by atoms with van der Waals surface area (Å²) in [7, 11) is 0. The van der Waals surface area contributed by atoms with Gasteiger partial charge in [-0.15, -0.1) is 0 Å². The number of ether oxygens (including phenoxy) is 1. The lowest BCUT2D eigenvalue weighted by Crippen LogP contribution is -2.15. The van der Waals surface area contributed by atoms with E-state index in [-0.39, 0.29) is 0 Å². The molecule has 3 nitrogen and oxygen atoms in total. The Balaban J connectivity index is 2.20. The topological polar surface area (TPSA) is 48.1 Å². The van der Waals surface area contributed by atoms with Crippen LogP contribution in [0.1, 0.15) is 36.6 Å². The van der Waals surface area contributed by atoms with Crippen molar-refractivity contribution in [3.05, 3.63) is 59.4 Å². The van der Waals surface area contributed by atoms with E-state index in [9.17, 15) is 0 Å². The van der Waals surface area contributed by atoms with Crippen LogP contribution in [0.2, 0.25) is 0 Å². The summed E-state index contributed by atoms with van der Waals surface area (Å²) in [5.41, 5.74) is 8.39. The van der Waals surface area contributed by atoms with E-state index >= 15 is 0 Å². The van der Waals surface area contributed by atoms with Crippen molar-refractivity contribution in [2.75, 3.05) is 0 Å². The predicted octanol–water partition coefficient (Wildman–Crippen LogP) is 3.42. The number of aromatic nitrogens is 1. The van der Waals surface area contributed by atoms with Crippen LogP contribution in [-0.4, -0.2) is 9.97 Å². The van der Waals surface area contributed by atoms with Gasteiger partial charge in [0.15, 0.2) is 0 Å². The van der Waals surface area contributed by atoms with Gasteiger partial charge in [0, 0.05) is 11.8 Å². The van der Waals surface area contributed by atoms with Crippen molar-refractivity contribution >= 4 is 17.2 Å². The van der Waals surface area contributed by atoms with E-state index in [4.69, 9.17) is 22.7 Å². The van der Waals surface area contributed by atoms with Gasteiger partial charge >= 0.3 is 0 Å². The second-order valence-electron chi connectivity index (χ2n) is 4.86. The van der Waals surface area contributed by atoms with Crippen molar-refractivity contribution < 1.29 is 4.74 Å². The molecule has 0 unspecified atom stereocenters. The molecule has 0 bridgehead atoms. The number of para-hydroxylation sites is 1. The Labute approximate surface area is 124 Å². The van der Waals surface area contributed by atoms with Crippen LogP contribution in [0.15, 0.2) is 42.6 Å². The molecule has 4 heteroatoms. The molecule has 0 aliphatic carbocycles. The maximum atomic E-state index is 5.92. The minimum atomic E-state index is 0.293. The Bertz CT molecular complexity index is 611. The summed E-state index contributed by atoms with van der Waals surface area (Å²) in [5.74, 6) is 1.30. The summed E-state index contributed by atoms with van der Waals surface area (Å²) in [6, 6.07) is 11.8. The number of thiocarbonyl (C=S) groups is 1. The Morgan fingerprint density at radius 3 is 2.70 bits per heavy atom. The Morgan fingerprint density at radius 2 is 2.00 bits per heavy atom. The lowest BCUT2D eigenvalue weighted by Gasteiger charge is -2.14. The van der Waals surface area contributed by atoms with E-state index < -0.39 is 0 Å². The standard InChI is InChI=1S/C16H18N2OS/c1-11(2)13-7-3-4-8-14(13)19-10-12-6-5-9-18-15(12)16(17)20/h3-9,11H,10H2,1-2H3,(H2,17,20). The van der Waals surface area contributed by atoms with Crippen LogP contribution in [0.5, 0.6) is 5.75 Å².